The Morgan fingerprint density at radius 1 is 1.71 bits per heavy atom. The number of nitrogens with one attached hydrogen (secondary N) is 1. The summed E-state index contributed by atoms with van der Waals surface area (Å²) in [4.78, 5) is 14.5. The summed E-state index contributed by atoms with van der Waals surface area (Å²) in [6.07, 6.45) is 2.32. The van der Waals surface area contributed by atoms with Gasteiger partial charge in [0.1, 0.15) is 0 Å². The Kier molecular flexibility index (Phi) is 5.99. The van der Waals surface area contributed by atoms with Crippen LogP contribution in [0.3, 0.4) is 0 Å². The number of aliphatic carboxylic acids is 1. The van der Waals surface area contributed by atoms with Crippen molar-refractivity contribution in [1.82, 2.24) is 4.98 Å². The molecule has 7 heteroatoms. The predicted molar refractivity (Wildman–Crippen MR) is 58.3 cm³/mol. The van der Waals surface area contributed by atoms with Crippen molar-refractivity contribution in [2.75, 3.05) is 18.5 Å². The van der Waals surface area contributed by atoms with Crippen LogP contribution < -0.4 is 29.3 Å². The van der Waals surface area contributed by atoms with Crippen molar-refractivity contribution in [1.29, 1.82) is 0 Å². The number of rotatable bonds is 5. The second kappa shape index (κ2) is 7.02. The van der Waals surface area contributed by atoms with E-state index < -0.39 is 5.97 Å². The van der Waals surface area contributed by atoms with Crippen molar-refractivity contribution in [3.8, 4) is 0 Å². The minimum Gasteiger partial charge on any atom is -0.550 e. The van der Waals surface area contributed by atoms with Gasteiger partial charge < -0.3 is 20.0 Å². The number of carbonyl (C=O) groups excluding carboxylic acids is 1. The Balaban J connectivity index is 0.00000144. The molecule has 0 amide bonds. The van der Waals surface area contributed by atoms with Gasteiger partial charge in [-0.15, -0.1) is 11.3 Å². The molecule has 0 spiro atoms. The van der Waals surface area contributed by atoms with Crippen LogP contribution in [0.25, 0.3) is 0 Å². The largest absolute Gasteiger partial charge is 1.00 e. The number of anilines is 1. The van der Waals surface area contributed by atoms with Gasteiger partial charge in [-0.1, -0.05) is 0 Å². The summed E-state index contributed by atoms with van der Waals surface area (Å²) in [7, 11) is 0. The van der Waals surface area contributed by atoms with Gasteiger partial charge in [0.15, 0.2) is 5.13 Å². The second-order valence-corrected chi connectivity index (χ2v) is 4.57. The topological polar surface area (TPSA) is 74.3 Å². The molecule has 0 saturated carbocycles. The SMILES string of the molecule is O=C([O-])Cc1csc(NCC2CCCO2)n1.[Li+]. The third-order valence-electron chi connectivity index (χ3n) is 2.38. The van der Waals surface area contributed by atoms with Crippen molar-refractivity contribution < 1.29 is 33.5 Å². The molecule has 1 N–H and O–H groups in total. The Hall–Kier alpha value is -0.543. The maximum Gasteiger partial charge on any atom is 1.00 e. The number of nitrogens with zero attached hydrogens (tertiary/aromatic N) is 1. The second-order valence-electron chi connectivity index (χ2n) is 3.71. The van der Waals surface area contributed by atoms with Gasteiger partial charge in [0.05, 0.1) is 11.8 Å². The van der Waals surface area contributed by atoms with Gasteiger partial charge in [-0.05, 0) is 12.8 Å². The van der Waals surface area contributed by atoms with E-state index in [1.807, 2.05) is 0 Å². The van der Waals surface area contributed by atoms with Crippen LogP contribution in [0.1, 0.15) is 18.5 Å². The Labute approximate surface area is 116 Å². The summed E-state index contributed by atoms with van der Waals surface area (Å²) in [6, 6.07) is 0. The van der Waals surface area contributed by atoms with E-state index in [9.17, 15) is 9.90 Å². The molecule has 2 heterocycles. The van der Waals surface area contributed by atoms with Gasteiger partial charge >= 0.3 is 18.9 Å². The number of ether oxygens (including phenoxy) is 1. The average molecular weight is 248 g/mol. The molecule has 5 nitrogen and oxygen atoms in total. The minimum absolute atomic E-state index is 0. The van der Waals surface area contributed by atoms with Crippen LogP contribution in [0.2, 0.25) is 0 Å². The van der Waals surface area contributed by atoms with Gasteiger partial charge in [0.2, 0.25) is 0 Å². The van der Waals surface area contributed by atoms with Gasteiger partial charge in [0.25, 0.3) is 0 Å². The molecule has 17 heavy (non-hydrogen) atoms. The molecule has 1 atom stereocenters. The zero-order valence-corrected chi connectivity index (χ0v) is 10.6. The summed E-state index contributed by atoms with van der Waals surface area (Å²) in [6.45, 7) is 1.57. The fourth-order valence-corrected chi connectivity index (χ4v) is 2.34. The normalized spacial score (nSPS) is 18.7. The van der Waals surface area contributed by atoms with E-state index in [1.165, 1.54) is 11.3 Å². The fraction of sp³-hybridized carbons (Fsp3) is 0.600. The standard InChI is InChI=1S/C10H14N2O3S.Li/c13-9(14)4-7-6-16-10(12-7)11-5-8-2-1-3-15-8;/h6,8H,1-5H2,(H,11,12)(H,13,14);/q;+1/p-1. The maximum atomic E-state index is 10.4. The van der Waals surface area contributed by atoms with E-state index >= 15 is 0 Å². The monoisotopic (exact) mass is 248 g/mol. The Morgan fingerprint density at radius 3 is 3.18 bits per heavy atom. The number of thiazole rings is 1. The van der Waals surface area contributed by atoms with E-state index in [4.69, 9.17) is 4.74 Å². The van der Waals surface area contributed by atoms with E-state index in [0.29, 0.717) is 5.69 Å². The first-order valence-corrected chi connectivity index (χ1v) is 6.12. The zero-order valence-electron chi connectivity index (χ0n) is 9.77. The summed E-state index contributed by atoms with van der Waals surface area (Å²) in [5, 5.41) is 16.0. The fourth-order valence-electron chi connectivity index (χ4n) is 1.62. The molecule has 1 unspecified atom stereocenters. The van der Waals surface area contributed by atoms with Crippen molar-refractivity contribution in [2.24, 2.45) is 0 Å². The van der Waals surface area contributed by atoms with Gasteiger partial charge in [0, 0.05) is 30.9 Å². The number of carbonyl (C=O) groups is 1. The van der Waals surface area contributed by atoms with Crippen LogP contribution in [0.5, 0.6) is 0 Å². The average Bonchev–Trinajstić information content (AvgIpc) is 2.84. The van der Waals surface area contributed by atoms with E-state index in [1.54, 1.807) is 5.38 Å². The van der Waals surface area contributed by atoms with Crippen LogP contribution in [0.4, 0.5) is 5.13 Å². The molecule has 1 fully saturated rings. The molecule has 1 aliphatic rings. The Bertz CT molecular complexity index is 366. The number of hydrogen-bond acceptors (Lipinski definition) is 6. The molecule has 1 aliphatic heterocycles. The molecule has 1 aromatic rings. The third-order valence-corrected chi connectivity index (χ3v) is 3.23. The van der Waals surface area contributed by atoms with E-state index in [-0.39, 0.29) is 31.4 Å². The molecule has 0 bridgehead atoms. The van der Waals surface area contributed by atoms with Gasteiger partial charge in [-0.25, -0.2) is 4.98 Å². The molecule has 0 aliphatic carbocycles. The number of aromatic nitrogens is 1. The zero-order chi connectivity index (χ0) is 11.4. The number of hydrogen-bond donors (Lipinski definition) is 1. The molecule has 1 saturated heterocycles. The maximum absolute atomic E-state index is 10.4. The summed E-state index contributed by atoms with van der Waals surface area (Å²) >= 11 is 1.41. The minimum atomic E-state index is -1.10. The van der Waals surface area contributed by atoms with Crippen LogP contribution >= 0.6 is 11.3 Å². The smallest absolute Gasteiger partial charge is 0.550 e. The van der Waals surface area contributed by atoms with Gasteiger partial charge in [-0.3, -0.25) is 0 Å². The van der Waals surface area contributed by atoms with Crippen molar-refractivity contribution in [2.45, 2.75) is 25.4 Å². The first-order chi connectivity index (χ1) is 7.74. The van der Waals surface area contributed by atoms with Crippen LogP contribution in [-0.4, -0.2) is 30.2 Å². The summed E-state index contributed by atoms with van der Waals surface area (Å²) < 4.78 is 5.46. The molecular weight excluding hydrogens is 235 g/mol. The molecule has 1 aromatic heterocycles. The third kappa shape index (κ3) is 4.68. The van der Waals surface area contributed by atoms with Gasteiger partial charge in [-0.2, -0.15) is 0 Å². The summed E-state index contributed by atoms with van der Waals surface area (Å²) in [5.74, 6) is -1.10. The molecule has 88 valence electrons. The Morgan fingerprint density at radius 2 is 2.53 bits per heavy atom. The van der Waals surface area contributed by atoms with Crippen molar-refractivity contribution in [3.63, 3.8) is 0 Å². The molecule has 0 radical (unpaired) electrons. The first-order valence-electron chi connectivity index (χ1n) is 5.24. The first kappa shape index (κ1) is 14.5. The van der Waals surface area contributed by atoms with Crippen LogP contribution in [-0.2, 0) is 16.0 Å². The van der Waals surface area contributed by atoms with E-state index in [0.717, 1.165) is 31.1 Å². The van der Waals surface area contributed by atoms with E-state index in [2.05, 4.69) is 10.3 Å². The van der Waals surface area contributed by atoms with Crippen molar-refractivity contribution in [3.05, 3.63) is 11.1 Å². The van der Waals surface area contributed by atoms with Crippen LogP contribution in [0.15, 0.2) is 5.38 Å². The number of carboxylic acids is 1. The predicted octanol–water partition coefficient (Wildman–Crippen LogP) is -2.97. The molecular formula is C10H13LiN2O3S. The number of carboxylic acid groups (broad SMARTS) is 1. The molecule has 0 aromatic carbocycles. The van der Waals surface area contributed by atoms with Crippen LogP contribution in [0, 0.1) is 0 Å². The van der Waals surface area contributed by atoms with Crippen molar-refractivity contribution >= 4 is 22.4 Å². The quantitative estimate of drug-likeness (QED) is 0.563. The summed E-state index contributed by atoms with van der Waals surface area (Å²) in [5.41, 5.74) is 0.542. The molecule has 2 rings (SSSR count).